The van der Waals surface area contributed by atoms with E-state index in [4.69, 9.17) is 25.6 Å². The molecule has 0 fully saturated rings. The molecule has 1 aliphatic heterocycles. The van der Waals surface area contributed by atoms with Crippen LogP contribution in [0.1, 0.15) is 41.8 Å². The van der Waals surface area contributed by atoms with Crippen molar-refractivity contribution >= 4 is 17.5 Å². The van der Waals surface area contributed by atoms with E-state index < -0.39 is 16.8 Å². The van der Waals surface area contributed by atoms with Gasteiger partial charge in [0.15, 0.2) is 0 Å². The van der Waals surface area contributed by atoms with Crippen LogP contribution >= 0.6 is 11.6 Å². The van der Waals surface area contributed by atoms with Crippen molar-refractivity contribution < 1.29 is 27.2 Å². The van der Waals surface area contributed by atoms with E-state index in [1.807, 2.05) is 13.0 Å². The zero-order valence-electron chi connectivity index (χ0n) is 15.3. The van der Waals surface area contributed by atoms with E-state index >= 15 is 0 Å². The van der Waals surface area contributed by atoms with Gasteiger partial charge in [-0.15, -0.1) is 0 Å². The molecular formula is C19H20ClF3N2O3. The zero-order chi connectivity index (χ0) is 20.1. The fourth-order valence-electron chi connectivity index (χ4n) is 2.90. The summed E-state index contributed by atoms with van der Waals surface area (Å²) in [4.78, 5) is 4.03. The topological polar surface area (TPSA) is 56.9 Å². The van der Waals surface area contributed by atoms with Gasteiger partial charge in [0.25, 0.3) is 0 Å². The molecule has 5 nitrogen and oxygen atoms in total. The number of alkyl halides is 3. The number of rotatable bonds is 8. The number of ether oxygens (including phenoxy) is 2. The lowest BCUT2D eigenvalue weighted by Gasteiger charge is -2.17. The third-order valence-electron chi connectivity index (χ3n) is 4.20. The summed E-state index contributed by atoms with van der Waals surface area (Å²) >= 11 is 6.03. The van der Waals surface area contributed by atoms with Crippen molar-refractivity contribution in [3.05, 3.63) is 45.8 Å². The number of halogens is 4. The van der Waals surface area contributed by atoms with Gasteiger partial charge in [-0.05, 0) is 38.3 Å². The molecule has 0 N–H and O–H groups in total. The molecule has 1 aromatic carbocycles. The minimum Gasteiger partial charge on any atom is -0.493 e. The maximum absolute atomic E-state index is 13.5. The minimum atomic E-state index is -4.65. The highest BCUT2D eigenvalue weighted by Gasteiger charge is 2.39. The number of unbranched alkanes of at least 4 members (excludes halogenated alkanes) is 2. The summed E-state index contributed by atoms with van der Waals surface area (Å²) in [6.45, 7) is 2.74. The third-order valence-corrected chi connectivity index (χ3v) is 4.60. The average molecular weight is 417 g/mol. The minimum absolute atomic E-state index is 0.126. The zero-order valence-corrected chi connectivity index (χ0v) is 16.1. The quantitative estimate of drug-likeness (QED) is 0.553. The van der Waals surface area contributed by atoms with Crippen LogP contribution in [0, 0.1) is 6.92 Å². The molecule has 152 valence electrons. The molecular weight excluding hydrogens is 397 g/mol. The summed E-state index contributed by atoms with van der Waals surface area (Å²) in [5.41, 5.74) is -0.0458. The molecule has 0 radical (unpaired) electrons. The lowest BCUT2D eigenvalue weighted by molar-refractivity contribution is -0.138. The van der Waals surface area contributed by atoms with Crippen LogP contribution < -0.4 is 4.74 Å². The number of aliphatic imine (C=N–C) groups is 1. The maximum Gasteiger partial charge on any atom is 0.421 e. The van der Waals surface area contributed by atoms with Crippen molar-refractivity contribution in [1.82, 2.24) is 5.16 Å². The summed E-state index contributed by atoms with van der Waals surface area (Å²) in [6, 6.07) is 4.59. The molecule has 2 heterocycles. The molecule has 1 aliphatic rings. The van der Waals surface area contributed by atoms with Gasteiger partial charge < -0.3 is 14.0 Å². The van der Waals surface area contributed by atoms with Crippen molar-refractivity contribution in [3.63, 3.8) is 0 Å². The monoisotopic (exact) mass is 416 g/mol. The van der Waals surface area contributed by atoms with Gasteiger partial charge in [-0.3, -0.25) is 0 Å². The van der Waals surface area contributed by atoms with Crippen molar-refractivity contribution in [2.24, 2.45) is 4.99 Å². The molecule has 0 atom stereocenters. The molecule has 2 aromatic rings. The van der Waals surface area contributed by atoms with Gasteiger partial charge in [-0.1, -0.05) is 16.8 Å². The van der Waals surface area contributed by atoms with Gasteiger partial charge in [-0.25, -0.2) is 4.99 Å². The van der Waals surface area contributed by atoms with Crippen LogP contribution in [0.15, 0.2) is 27.7 Å². The van der Waals surface area contributed by atoms with E-state index in [0.717, 1.165) is 30.7 Å². The number of nitrogens with zero attached hydrogens (tertiary/aromatic N) is 2. The first-order valence-electron chi connectivity index (χ1n) is 8.98. The van der Waals surface area contributed by atoms with Crippen LogP contribution in [0.2, 0.25) is 5.02 Å². The molecule has 0 unspecified atom stereocenters. The number of aromatic nitrogens is 1. The second-order valence-electron chi connectivity index (χ2n) is 6.43. The van der Waals surface area contributed by atoms with Crippen molar-refractivity contribution in [3.8, 4) is 5.75 Å². The number of hydrogen-bond acceptors (Lipinski definition) is 5. The second kappa shape index (κ2) is 8.86. The van der Waals surface area contributed by atoms with Gasteiger partial charge in [-0.2, -0.15) is 13.2 Å². The summed E-state index contributed by atoms with van der Waals surface area (Å²) in [7, 11) is 0. The van der Waals surface area contributed by atoms with E-state index in [9.17, 15) is 13.2 Å². The highest BCUT2D eigenvalue weighted by Crippen LogP contribution is 2.43. The average Bonchev–Trinajstić information content (AvgIpc) is 3.28. The van der Waals surface area contributed by atoms with E-state index in [1.54, 1.807) is 0 Å². The summed E-state index contributed by atoms with van der Waals surface area (Å²) in [6.07, 6.45) is -1.68. The van der Waals surface area contributed by atoms with Gasteiger partial charge in [0.2, 0.25) is 5.90 Å². The van der Waals surface area contributed by atoms with Crippen LogP contribution in [0.3, 0.4) is 0 Å². The Labute approximate surface area is 165 Å². The fraction of sp³-hybridized carbons (Fsp3) is 0.474. The first-order chi connectivity index (χ1) is 13.4. The Kier molecular flexibility index (Phi) is 6.49. The van der Waals surface area contributed by atoms with Crippen LogP contribution in [0.25, 0.3) is 0 Å². The molecule has 28 heavy (non-hydrogen) atoms. The molecule has 0 bridgehead atoms. The Morgan fingerprint density at radius 1 is 1.21 bits per heavy atom. The molecule has 3 rings (SSSR count). The Morgan fingerprint density at radius 3 is 2.68 bits per heavy atom. The highest BCUT2D eigenvalue weighted by atomic mass is 35.5. The Morgan fingerprint density at radius 2 is 2.04 bits per heavy atom. The number of benzene rings is 1. The van der Waals surface area contributed by atoms with Gasteiger partial charge in [0, 0.05) is 12.5 Å². The van der Waals surface area contributed by atoms with Crippen molar-refractivity contribution in [2.75, 3.05) is 19.8 Å². The van der Waals surface area contributed by atoms with Gasteiger partial charge in [0.05, 0.1) is 29.4 Å². The lowest BCUT2D eigenvalue weighted by Crippen LogP contribution is -2.13. The largest absolute Gasteiger partial charge is 0.493 e. The predicted molar refractivity (Wildman–Crippen MR) is 98.1 cm³/mol. The third kappa shape index (κ3) is 4.98. The van der Waals surface area contributed by atoms with Crippen LogP contribution in [0.4, 0.5) is 13.2 Å². The van der Waals surface area contributed by atoms with Crippen molar-refractivity contribution in [1.29, 1.82) is 0 Å². The summed E-state index contributed by atoms with van der Waals surface area (Å²) in [5.74, 6) is 0.646. The second-order valence-corrected chi connectivity index (χ2v) is 6.81. The Bertz CT molecular complexity index is 849. The van der Waals surface area contributed by atoms with Crippen LogP contribution in [-0.2, 0) is 17.3 Å². The molecule has 0 aliphatic carbocycles. The molecule has 1 aromatic heterocycles. The maximum atomic E-state index is 13.5. The van der Waals surface area contributed by atoms with Crippen LogP contribution in [0.5, 0.6) is 5.75 Å². The highest BCUT2D eigenvalue weighted by molar-refractivity contribution is 6.35. The number of hydrogen-bond donors (Lipinski definition) is 0. The lowest BCUT2D eigenvalue weighted by atomic mass is 10.1. The smallest absolute Gasteiger partial charge is 0.421 e. The SMILES string of the molecule is Cc1cc(CCCCCOc2ccc(C3=NCCO3)c(Cl)c2C(F)(F)F)on1. The van der Waals surface area contributed by atoms with Gasteiger partial charge in [0.1, 0.15) is 23.7 Å². The Hall–Kier alpha value is -2.22. The first-order valence-corrected chi connectivity index (χ1v) is 9.36. The van der Waals surface area contributed by atoms with Crippen LogP contribution in [-0.4, -0.2) is 30.8 Å². The summed E-state index contributed by atoms with van der Waals surface area (Å²) < 4.78 is 56.4. The predicted octanol–water partition coefficient (Wildman–Crippen LogP) is 5.22. The molecule has 9 heteroatoms. The summed E-state index contributed by atoms with van der Waals surface area (Å²) in [5, 5.41) is 3.36. The first kappa shape index (κ1) is 20.5. The van der Waals surface area contributed by atoms with E-state index in [1.165, 1.54) is 12.1 Å². The normalized spacial score (nSPS) is 14.1. The molecule has 0 saturated carbocycles. The van der Waals surface area contributed by atoms with E-state index in [-0.39, 0.29) is 23.8 Å². The fourth-order valence-corrected chi connectivity index (χ4v) is 3.24. The van der Waals surface area contributed by atoms with E-state index in [2.05, 4.69) is 10.1 Å². The Balaban J connectivity index is 1.59. The molecule has 0 saturated heterocycles. The van der Waals surface area contributed by atoms with Crippen molar-refractivity contribution in [2.45, 2.75) is 38.8 Å². The standard InChI is InChI=1S/C19H20ClF3N2O3/c1-12-11-13(28-25-12)5-3-2-4-9-26-15-7-6-14(18-24-8-10-27-18)17(20)16(15)19(21,22)23/h6-7,11H,2-5,8-10H2,1H3. The molecule has 0 amide bonds. The molecule has 0 spiro atoms. The number of aryl methyl sites for hydroxylation is 2. The van der Waals surface area contributed by atoms with Gasteiger partial charge >= 0.3 is 6.18 Å². The van der Waals surface area contributed by atoms with E-state index in [0.29, 0.717) is 19.6 Å².